The number of nitrogens with one attached hydrogen (secondary N) is 1. The Bertz CT molecular complexity index is 222. The molecular weight excluding hydrogens is 198 g/mol. The predicted molar refractivity (Wildman–Crippen MR) is 69.3 cm³/mol. The van der Waals surface area contributed by atoms with Crippen molar-refractivity contribution in [3.63, 3.8) is 0 Å². The van der Waals surface area contributed by atoms with Gasteiger partial charge in [-0.25, -0.2) is 0 Å². The van der Waals surface area contributed by atoms with Crippen molar-refractivity contribution >= 4 is 0 Å². The van der Waals surface area contributed by atoms with Crippen molar-refractivity contribution in [1.82, 2.24) is 10.2 Å². The van der Waals surface area contributed by atoms with Crippen LogP contribution in [-0.2, 0) is 0 Å². The molecule has 94 valence electrons. The van der Waals surface area contributed by atoms with Gasteiger partial charge in [0, 0.05) is 6.54 Å². The summed E-state index contributed by atoms with van der Waals surface area (Å²) in [7, 11) is 4.02. The monoisotopic (exact) mass is 225 g/mol. The molecule has 1 N–H and O–H groups in total. The molecule has 0 saturated carbocycles. The fourth-order valence-electron chi connectivity index (χ4n) is 1.69. The number of nitrogens with zero attached hydrogens (tertiary/aromatic N) is 2. The lowest BCUT2D eigenvalue weighted by molar-refractivity contribution is 0.268. The summed E-state index contributed by atoms with van der Waals surface area (Å²) in [6.45, 7) is 8.69. The van der Waals surface area contributed by atoms with E-state index in [1.54, 1.807) is 0 Å². The highest BCUT2D eigenvalue weighted by atomic mass is 15.1. The SMILES string of the molecule is CCC(C)CN(C)CCCC(C)(C#N)NC. The zero-order chi connectivity index (χ0) is 12.6. The maximum absolute atomic E-state index is 9.01. The number of rotatable bonds is 8. The first-order valence-corrected chi connectivity index (χ1v) is 6.26. The molecule has 0 heterocycles. The van der Waals surface area contributed by atoms with E-state index in [1.807, 2.05) is 14.0 Å². The van der Waals surface area contributed by atoms with Gasteiger partial charge in [-0.2, -0.15) is 5.26 Å². The van der Waals surface area contributed by atoms with Gasteiger partial charge in [-0.1, -0.05) is 20.3 Å². The van der Waals surface area contributed by atoms with Crippen LogP contribution in [0.15, 0.2) is 0 Å². The summed E-state index contributed by atoms with van der Waals surface area (Å²) >= 11 is 0. The largest absolute Gasteiger partial charge is 0.306 e. The molecule has 0 amide bonds. The number of nitriles is 1. The van der Waals surface area contributed by atoms with E-state index in [9.17, 15) is 0 Å². The highest BCUT2D eigenvalue weighted by Crippen LogP contribution is 2.11. The third-order valence-electron chi connectivity index (χ3n) is 3.34. The average molecular weight is 225 g/mol. The normalized spacial score (nSPS) is 16.8. The van der Waals surface area contributed by atoms with Crippen LogP contribution >= 0.6 is 0 Å². The van der Waals surface area contributed by atoms with Crippen LogP contribution in [0.5, 0.6) is 0 Å². The van der Waals surface area contributed by atoms with Crippen LogP contribution in [-0.4, -0.2) is 37.6 Å². The molecule has 0 rings (SSSR count). The van der Waals surface area contributed by atoms with Gasteiger partial charge < -0.3 is 10.2 Å². The first kappa shape index (κ1) is 15.4. The van der Waals surface area contributed by atoms with Crippen molar-refractivity contribution < 1.29 is 0 Å². The van der Waals surface area contributed by atoms with Gasteiger partial charge in [-0.15, -0.1) is 0 Å². The molecule has 0 radical (unpaired) electrons. The molecule has 0 aromatic carbocycles. The van der Waals surface area contributed by atoms with Crippen LogP contribution in [0.3, 0.4) is 0 Å². The van der Waals surface area contributed by atoms with E-state index in [0.29, 0.717) is 0 Å². The third kappa shape index (κ3) is 6.09. The Morgan fingerprint density at radius 2 is 2.12 bits per heavy atom. The van der Waals surface area contributed by atoms with Gasteiger partial charge in [0.2, 0.25) is 0 Å². The lowest BCUT2D eigenvalue weighted by atomic mass is 9.98. The number of hydrogen-bond donors (Lipinski definition) is 1. The zero-order valence-corrected chi connectivity index (χ0v) is 11.5. The van der Waals surface area contributed by atoms with E-state index >= 15 is 0 Å². The van der Waals surface area contributed by atoms with Crippen molar-refractivity contribution in [2.75, 3.05) is 27.2 Å². The Kier molecular flexibility index (Phi) is 7.36. The smallest absolute Gasteiger partial charge is 0.103 e. The van der Waals surface area contributed by atoms with Gasteiger partial charge >= 0.3 is 0 Å². The minimum absolute atomic E-state index is 0.364. The first-order valence-electron chi connectivity index (χ1n) is 6.26. The summed E-state index contributed by atoms with van der Waals surface area (Å²) < 4.78 is 0. The summed E-state index contributed by atoms with van der Waals surface area (Å²) in [4.78, 5) is 2.36. The van der Waals surface area contributed by atoms with E-state index in [2.05, 4.69) is 37.2 Å². The molecule has 0 aliphatic heterocycles. The summed E-state index contributed by atoms with van der Waals surface area (Å²) in [6.07, 6.45) is 3.21. The molecule has 0 aliphatic rings. The van der Waals surface area contributed by atoms with Gasteiger partial charge in [0.25, 0.3) is 0 Å². The molecule has 2 unspecified atom stereocenters. The van der Waals surface area contributed by atoms with Crippen molar-refractivity contribution in [2.24, 2.45) is 5.92 Å². The molecule has 3 nitrogen and oxygen atoms in total. The fraction of sp³-hybridized carbons (Fsp3) is 0.923. The first-order chi connectivity index (χ1) is 7.47. The van der Waals surface area contributed by atoms with Crippen LogP contribution in [0, 0.1) is 17.2 Å². The Morgan fingerprint density at radius 3 is 2.56 bits per heavy atom. The van der Waals surface area contributed by atoms with Crippen LogP contribution < -0.4 is 5.32 Å². The molecule has 0 aliphatic carbocycles. The zero-order valence-electron chi connectivity index (χ0n) is 11.5. The lowest BCUT2D eigenvalue weighted by Gasteiger charge is -2.24. The Hall–Kier alpha value is -0.590. The maximum Gasteiger partial charge on any atom is 0.103 e. The minimum atomic E-state index is -0.364. The molecule has 2 atom stereocenters. The van der Waals surface area contributed by atoms with Crippen LogP contribution in [0.25, 0.3) is 0 Å². The van der Waals surface area contributed by atoms with Gasteiger partial charge in [-0.3, -0.25) is 0 Å². The van der Waals surface area contributed by atoms with E-state index in [4.69, 9.17) is 5.26 Å². The molecule has 16 heavy (non-hydrogen) atoms. The molecule has 3 heteroatoms. The Morgan fingerprint density at radius 1 is 1.50 bits per heavy atom. The van der Waals surface area contributed by atoms with Gasteiger partial charge in [-0.05, 0) is 46.3 Å². The standard InChI is InChI=1S/C13H27N3/c1-6-12(2)10-16(5)9-7-8-13(3,11-14)15-4/h12,15H,6-10H2,1-5H3. The van der Waals surface area contributed by atoms with Crippen LogP contribution in [0.4, 0.5) is 0 Å². The highest BCUT2D eigenvalue weighted by molar-refractivity contribution is 5.02. The van der Waals surface area contributed by atoms with Crippen molar-refractivity contribution in [3.8, 4) is 6.07 Å². The summed E-state index contributed by atoms with van der Waals surface area (Å²) in [5.41, 5.74) is -0.364. The Labute approximate surface area is 101 Å². The van der Waals surface area contributed by atoms with Gasteiger partial charge in [0.1, 0.15) is 5.54 Å². The molecule has 0 saturated heterocycles. The van der Waals surface area contributed by atoms with E-state index in [1.165, 1.54) is 6.42 Å². The average Bonchev–Trinajstić information content (AvgIpc) is 2.28. The highest BCUT2D eigenvalue weighted by Gasteiger charge is 2.20. The van der Waals surface area contributed by atoms with Crippen molar-refractivity contribution in [2.45, 2.75) is 45.6 Å². The minimum Gasteiger partial charge on any atom is -0.306 e. The lowest BCUT2D eigenvalue weighted by Crippen LogP contribution is -2.38. The van der Waals surface area contributed by atoms with Crippen molar-refractivity contribution in [3.05, 3.63) is 0 Å². The predicted octanol–water partition coefficient (Wildman–Crippen LogP) is 2.25. The molecule has 0 aromatic rings. The number of hydrogen-bond acceptors (Lipinski definition) is 3. The second-order valence-electron chi connectivity index (χ2n) is 5.07. The second-order valence-corrected chi connectivity index (χ2v) is 5.07. The van der Waals surface area contributed by atoms with E-state index in [0.717, 1.165) is 31.8 Å². The molecular formula is C13H27N3. The van der Waals surface area contributed by atoms with Crippen molar-refractivity contribution in [1.29, 1.82) is 5.26 Å². The summed E-state index contributed by atoms with van der Waals surface area (Å²) in [5.74, 6) is 0.761. The summed E-state index contributed by atoms with van der Waals surface area (Å²) in [5, 5.41) is 12.1. The van der Waals surface area contributed by atoms with Gasteiger partial charge in [0.15, 0.2) is 0 Å². The Balaban J connectivity index is 3.78. The fourth-order valence-corrected chi connectivity index (χ4v) is 1.69. The molecule has 0 spiro atoms. The molecule has 0 fully saturated rings. The maximum atomic E-state index is 9.01. The molecule has 0 aromatic heterocycles. The van der Waals surface area contributed by atoms with E-state index in [-0.39, 0.29) is 5.54 Å². The van der Waals surface area contributed by atoms with Crippen LogP contribution in [0.2, 0.25) is 0 Å². The molecule has 0 bridgehead atoms. The topological polar surface area (TPSA) is 39.1 Å². The van der Waals surface area contributed by atoms with E-state index < -0.39 is 0 Å². The third-order valence-corrected chi connectivity index (χ3v) is 3.34. The summed E-state index contributed by atoms with van der Waals surface area (Å²) in [6, 6.07) is 2.32. The second kappa shape index (κ2) is 7.65. The van der Waals surface area contributed by atoms with Crippen LogP contribution in [0.1, 0.15) is 40.0 Å². The quantitative estimate of drug-likeness (QED) is 0.688. The van der Waals surface area contributed by atoms with Gasteiger partial charge in [0.05, 0.1) is 6.07 Å².